The van der Waals surface area contributed by atoms with Crippen LogP contribution in [0.15, 0.2) is 0 Å². The second-order valence-corrected chi connectivity index (χ2v) is 9.67. The predicted molar refractivity (Wildman–Crippen MR) is 119 cm³/mol. The Bertz CT molecular complexity index is 924. The van der Waals surface area contributed by atoms with Crippen LogP contribution in [0.25, 0.3) is 10.2 Å². The summed E-state index contributed by atoms with van der Waals surface area (Å²) in [6.07, 6.45) is 6.36. The van der Waals surface area contributed by atoms with Gasteiger partial charge in [-0.05, 0) is 37.7 Å². The van der Waals surface area contributed by atoms with Crippen LogP contribution in [0.4, 0.5) is 5.82 Å². The molecule has 0 spiro atoms. The molecule has 8 heteroatoms. The van der Waals surface area contributed by atoms with E-state index in [1.165, 1.54) is 28.7 Å². The van der Waals surface area contributed by atoms with Gasteiger partial charge < -0.3 is 15.0 Å². The van der Waals surface area contributed by atoms with Crippen molar-refractivity contribution < 1.29 is 9.53 Å². The highest BCUT2D eigenvalue weighted by molar-refractivity contribution is 7.19. The van der Waals surface area contributed by atoms with E-state index in [1.54, 1.807) is 0 Å². The number of likely N-dealkylation sites (tertiary alicyclic amines) is 1. The molecule has 2 saturated heterocycles. The van der Waals surface area contributed by atoms with Crippen molar-refractivity contribution in [1.29, 1.82) is 0 Å². The zero-order valence-corrected chi connectivity index (χ0v) is 18.6. The molecule has 3 aliphatic rings. The molecule has 1 aliphatic carbocycles. The number of carbonyl (C=O) groups excluding carboxylic acids is 1. The molecule has 30 heavy (non-hydrogen) atoms. The summed E-state index contributed by atoms with van der Waals surface area (Å²) in [6, 6.07) is 0.258. The lowest BCUT2D eigenvalue weighted by molar-refractivity contribution is -0.129. The topological polar surface area (TPSA) is 70.6 Å². The Hall–Kier alpha value is -1.77. The molecule has 7 nitrogen and oxygen atoms in total. The van der Waals surface area contributed by atoms with E-state index in [2.05, 4.69) is 10.2 Å². The summed E-state index contributed by atoms with van der Waals surface area (Å²) < 4.78 is 5.49. The molecule has 2 aliphatic heterocycles. The van der Waals surface area contributed by atoms with Gasteiger partial charge in [-0.1, -0.05) is 6.92 Å². The molecular weight excluding hydrogens is 398 g/mol. The summed E-state index contributed by atoms with van der Waals surface area (Å²) in [4.78, 5) is 29.1. The fourth-order valence-electron chi connectivity index (χ4n) is 4.86. The van der Waals surface area contributed by atoms with Gasteiger partial charge in [0.25, 0.3) is 0 Å². The molecule has 5 rings (SSSR count). The first-order chi connectivity index (χ1) is 14.7. The minimum atomic E-state index is 0.244. The van der Waals surface area contributed by atoms with Gasteiger partial charge in [0.05, 0.1) is 25.1 Å². The highest BCUT2D eigenvalue weighted by Gasteiger charge is 2.28. The number of carbonyl (C=O) groups is 1. The molecule has 162 valence electrons. The van der Waals surface area contributed by atoms with Crippen LogP contribution in [0, 0.1) is 0 Å². The van der Waals surface area contributed by atoms with Gasteiger partial charge >= 0.3 is 0 Å². The molecule has 2 aromatic heterocycles. The summed E-state index contributed by atoms with van der Waals surface area (Å²) in [7, 11) is 0. The number of aromatic nitrogens is 2. The predicted octanol–water partition coefficient (Wildman–Crippen LogP) is 2.83. The van der Waals surface area contributed by atoms with Crippen molar-refractivity contribution in [2.24, 2.45) is 0 Å². The second kappa shape index (κ2) is 8.77. The molecule has 0 aromatic carbocycles. The number of nitrogens with one attached hydrogen (secondary N) is 1. The average Bonchev–Trinajstić information content (AvgIpc) is 3.38. The van der Waals surface area contributed by atoms with E-state index in [4.69, 9.17) is 14.7 Å². The quantitative estimate of drug-likeness (QED) is 0.788. The maximum atomic E-state index is 12.1. The number of anilines is 1. The Morgan fingerprint density at radius 1 is 1.20 bits per heavy atom. The van der Waals surface area contributed by atoms with E-state index in [1.807, 2.05) is 23.2 Å². The number of fused-ring (bicyclic) bond motifs is 3. The van der Waals surface area contributed by atoms with Crippen LogP contribution in [0.5, 0.6) is 0 Å². The summed E-state index contributed by atoms with van der Waals surface area (Å²) in [5, 5.41) is 4.96. The van der Waals surface area contributed by atoms with Gasteiger partial charge in [-0.3, -0.25) is 9.69 Å². The lowest BCUT2D eigenvalue weighted by Crippen LogP contribution is -2.36. The van der Waals surface area contributed by atoms with Gasteiger partial charge in [0.15, 0.2) is 0 Å². The minimum absolute atomic E-state index is 0.244. The average molecular weight is 430 g/mol. The van der Waals surface area contributed by atoms with Crippen LogP contribution in [0.1, 0.15) is 48.9 Å². The zero-order valence-electron chi connectivity index (χ0n) is 17.8. The number of thiophene rings is 1. The first-order valence-corrected chi connectivity index (χ1v) is 12.2. The van der Waals surface area contributed by atoms with Crippen LogP contribution >= 0.6 is 11.3 Å². The normalized spacial score (nSPS) is 22.4. The van der Waals surface area contributed by atoms with Crippen molar-refractivity contribution in [3.8, 4) is 0 Å². The second-order valence-electron chi connectivity index (χ2n) is 8.59. The van der Waals surface area contributed by atoms with Crippen LogP contribution < -0.4 is 5.32 Å². The van der Waals surface area contributed by atoms with Crippen molar-refractivity contribution in [2.75, 3.05) is 44.7 Å². The van der Waals surface area contributed by atoms with E-state index in [0.29, 0.717) is 6.42 Å². The Balaban J connectivity index is 1.44. The van der Waals surface area contributed by atoms with Gasteiger partial charge in [0.1, 0.15) is 16.5 Å². The van der Waals surface area contributed by atoms with Crippen LogP contribution in [-0.4, -0.2) is 71.1 Å². The summed E-state index contributed by atoms with van der Waals surface area (Å²) >= 11 is 1.86. The third kappa shape index (κ3) is 4.05. The Morgan fingerprint density at radius 2 is 2.03 bits per heavy atom. The van der Waals surface area contributed by atoms with Gasteiger partial charge in [-0.2, -0.15) is 0 Å². The fourth-order valence-corrected chi connectivity index (χ4v) is 6.14. The lowest BCUT2D eigenvalue weighted by atomic mass is 9.97. The highest BCUT2D eigenvalue weighted by Crippen LogP contribution is 2.39. The van der Waals surface area contributed by atoms with Crippen LogP contribution in [0.2, 0.25) is 0 Å². The van der Waals surface area contributed by atoms with E-state index >= 15 is 0 Å². The number of hydrogen-bond donors (Lipinski definition) is 1. The number of ether oxygens (including phenoxy) is 1. The monoisotopic (exact) mass is 429 g/mol. The summed E-state index contributed by atoms with van der Waals surface area (Å²) in [5.74, 6) is 2.12. The zero-order chi connectivity index (χ0) is 20.5. The molecular formula is C22H31N5O2S. The minimum Gasteiger partial charge on any atom is -0.379 e. The van der Waals surface area contributed by atoms with Crippen molar-refractivity contribution in [2.45, 2.75) is 58.0 Å². The third-order valence-corrected chi connectivity index (χ3v) is 7.70. The standard InChI is InChI=1S/C22H31N5O2S/c1-2-19(28)27-8-7-15(13-27)23-21-20-16-5-3-4-6-17(16)30-22(20)25-18(24-21)14-26-9-11-29-12-10-26/h15H,2-14H2,1H3,(H,23,24,25). The van der Waals surface area contributed by atoms with E-state index in [-0.39, 0.29) is 11.9 Å². The molecule has 1 N–H and O–H groups in total. The molecule has 4 heterocycles. The molecule has 0 bridgehead atoms. The SMILES string of the molecule is CCC(=O)N1CCC(Nc2nc(CN3CCOCC3)nc3sc4c(c23)CCCC4)C1. The lowest BCUT2D eigenvalue weighted by Gasteiger charge is -2.26. The highest BCUT2D eigenvalue weighted by atomic mass is 32.1. The third-order valence-electron chi connectivity index (χ3n) is 6.51. The van der Waals surface area contributed by atoms with Crippen molar-refractivity contribution in [3.63, 3.8) is 0 Å². The van der Waals surface area contributed by atoms with Gasteiger partial charge in [-0.15, -0.1) is 11.3 Å². The molecule has 1 amide bonds. The molecule has 2 aromatic rings. The molecule has 0 radical (unpaired) electrons. The number of hydrogen-bond acceptors (Lipinski definition) is 7. The Kier molecular flexibility index (Phi) is 5.89. The van der Waals surface area contributed by atoms with Crippen LogP contribution in [-0.2, 0) is 28.9 Å². The van der Waals surface area contributed by atoms with Crippen LogP contribution in [0.3, 0.4) is 0 Å². The molecule has 1 unspecified atom stereocenters. The van der Waals surface area contributed by atoms with E-state index in [0.717, 1.165) is 81.7 Å². The van der Waals surface area contributed by atoms with Crippen molar-refractivity contribution in [3.05, 3.63) is 16.3 Å². The van der Waals surface area contributed by atoms with Gasteiger partial charge in [-0.25, -0.2) is 9.97 Å². The van der Waals surface area contributed by atoms with Gasteiger partial charge in [0, 0.05) is 43.5 Å². The first kappa shape index (κ1) is 20.2. The summed E-state index contributed by atoms with van der Waals surface area (Å²) in [6.45, 7) is 7.73. The smallest absolute Gasteiger partial charge is 0.222 e. The number of rotatable bonds is 5. The fraction of sp³-hybridized carbons (Fsp3) is 0.682. The van der Waals surface area contributed by atoms with Gasteiger partial charge in [0.2, 0.25) is 5.91 Å². The van der Waals surface area contributed by atoms with Crippen molar-refractivity contribution >= 4 is 33.3 Å². The van der Waals surface area contributed by atoms with Crippen molar-refractivity contribution in [1.82, 2.24) is 19.8 Å². The molecule has 2 fully saturated rings. The van der Waals surface area contributed by atoms with E-state index < -0.39 is 0 Å². The Morgan fingerprint density at radius 3 is 2.87 bits per heavy atom. The number of amides is 1. The molecule has 1 atom stereocenters. The van der Waals surface area contributed by atoms with E-state index in [9.17, 15) is 4.79 Å². The molecule has 0 saturated carbocycles. The largest absolute Gasteiger partial charge is 0.379 e. The number of nitrogens with zero attached hydrogens (tertiary/aromatic N) is 4. The first-order valence-electron chi connectivity index (χ1n) is 11.4. The number of morpholine rings is 1. The maximum Gasteiger partial charge on any atom is 0.222 e. The maximum absolute atomic E-state index is 12.1. The summed E-state index contributed by atoms with van der Waals surface area (Å²) in [5.41, 5.74) is 1.46. The Labute approximate surface area is 181 Å². The number of aryl methyl sites for hydroxylation is 2.